The molecule has 3 rings (SSSR count). The molecule has 1 aromatic heterocycles. The summed E-state index contributed by atoms with van der Waals surface area (Å²) in [5.74, 6) is 0.0796. The van der Waals surface area contributed by atoms with Gasteiger partial charge in [0.2, 0.25) is 0 Å². The summed E-state index contributed by atoms with van der Waals surface area (Å²) in [6.07, 6.45) is 3.23. The van der Waals surface area contributed by atoms with Gasteiger partial charge in [-0.25, -0.2) is 9.78 Å². The number of carbonyl (C=O) groups is 1. The number of aromatic nitrogens is 2. The van der Waals surface area contributed by atoms with E-state index in [2.05, 4.69) is 16.5 Å². The van der Waals surface area contributed by atoms with Crippen molar-refractivity contribution in [1.82, 2.24) is 9.97 Å². The predicted molar refractivity (Wildman–Crippen MR) is 112 cm³/mol. The summed E-state index contributed by atoms with van der Waals surface area (Å²) in [7, 11) is 1.52. The van der Waals surface area contributed by atoms with Gasteiger partial charge in [-0.05, 0) is 42.0 Å². The first-order valence-electron chi connectivity index (χ1n) is 8.49. The molecular weight excluding hydrogens is 396 g/mol. The summed E-state index contributed by atoms with van der Waals surface area (Å²) in [6.45, 7) is 3.94. The van der Waals surface area contributed by atoms with Crippen molar-refractivity contribution in [3.63, 3.8) is 0 Å². The van der Waals surface area contributed by atoms with Gasteiger partial charge in [-0.3, -0.25) is 4.79 Å². The highest BCUT2D eigenvalue weighted by Gasteiger charge is 2.11. The summed E-state index contributed by atoms with van der Waals surface area (Å²) >= 11 is 6.36. The van der Waals surface area contributed by atoms with Crippen molar-refractivity contribution < 1.29 is 19.4 Å². The molecule has 8 heteroatoms. The largest absolute Gasteiger partial charge is 0.493 e. The van der Waals surface area contributed by atoms with E-state index in [1.807, 2.05) is 0 Å². The zero-order valence-corrected chi connectivity index (χ0v) is 16.2. The number of ether oxygens (including phenoxy) is 2. The first kappa shape index (κ1) is 20.2. The van der Waals surface area contributed by atoms with Crippen LogP contribution in [0.3, 0.4) is 0 Å². The number of halogens is 1. The third-order valence-electron chi connectivity index (χ3n) is 4.02. The van der Waals surface area contributed by atoms with Gasteiger partial charge >= 0.3 is 5.97 Å². The molecule has 1 heterocycles. The van der Waals surface area contributed by atoms with E-state index in [9.17, 15) is 9.59 Å². The molecule has 0 aliphatic carbocycles. The quantitative estimate of drug-likeness (QED) is 0.570. The van der Waals surface area contributed by atoms with Gasteiger partial charge in [-0.1, -0.05) is 30.3 Å². The number of hydrogen-bond donors (Lipinski definition) is 2. The summed E-state index contributed by atoms with van der Waals surface area (Å²) in [5, 5.41) is 9.58. The number of rotatable bonds is 7. The second-order valence-corrected chi connectivity index (χ2v) is 6.36. The van der Waals surface area contributed by atoms with Crippen LogP contribution in [-0.2, 0) is 0 Å². The average Bonchev–Trinajstić information content (AvgIpc) is 2.72. The lowest BCUT2D eigenvalue weighted by Gasteiger charge is -2.10. The normalized spacial score (nSPS) is 11.3. The molecule has 148 valence electrons. The van der Waals surface area contributed by atoms with Gasteiger partial charge < -0.3 is 19.6 Å². The van der Waals surface area contributed by atoms with E-state index in [1.165, 1.54) is 25.3 Å². The van der Waals surface area contributed by atoms with Gasteiger partial charge in [-0.15, -0.1) is 0 Å². The van der Waals surface area contributed by atoms with Gasteiger partial charge in [0.15, 0.2) is 17.3 Å². The number of aromatic amines is 1. The molecule has 0 amide bonds. The Hall–Kier alpha value is -3.58. The summed E-state index contributed by atoms with van der Waals surface area (Å²) in [6, 6.07) is 9.32. The third-order valence-corrected chi connectivity index (χ3v) is 4.31. The number of nitrogens with one attached hydrogen (secondary N) is 1. The molecule has 0 aliphatic rings. The highest BCUT2D eigenvalue weighted by molar-refractivity contribution is 6.50. The number of H-pyrrole nitrogens is 1. The molecule has 2 N–H and O–H groups in total. The average molecular weight is 413 g/mol. The summed E-state index contributed by atoms with van der Waals surface area (Å²) < 4.78 is 10.8. The van der Waals surface area contributed by atoms with Crippen LogP contribution in [0.25, 0.3) is 22.0 Å². The molecule has 0 fully saturated rings. The minimum atomic E-state index is -1.11. The van der Waals surface area contributed by atoms with Crippen LogP contribution < -0.4 is 15.0 Å². The molecule has 0 spiro atoms. The first-order valence-corrected chi connectivity index (χ1v) is 8.87. The Morgan fingerprint density at radius 3 is 2.76 bits per heavy atom. The number of carboxylic acid groups (broad SMARTS) is 1. The molecule has 0 atom stereocenters. The van der Waals surface area contributed by atoms with E-state index in [4.69, 9.17) is 26.2 Å². The molecule has 3 aromatic rings. The van der Waals surface area contributed by atoms with Crippen LogP contribution in [-0.4, -0.2) is 34.8 Å². The van der Waals surface area contributed by atoms with Gasteiger partial charge in [0.25, 0.3) is 5.56 Å². The maximum Gasteiger partial charge on any atom is 0.335 e. The van der Waals surface area contributed by atoms with Crippen LogP contribution in [0.15, 0.2) is 53.8 Å². The number of fused-ring (bicyclic) bond motifs is 1. The van der Waals surface area contributed by atoms with Crippen LogP contribution in [0.5, 0.6) is 11.5 Å². The Morgan fingerprint density at radius 1 is 1.28 bits per heavy atom. The van der Waals surface area contributed by atoms with Crippen molar-refractivity contribution in [3.05, 3.63) is 76.4 Å². The highest BCUT2D eigenvalue weighted by atomic mass is 35.5. The number of aromatic carboxylic acids is 1. The molecule has 0 unspecified atom stereocenters. The van der Waals surface area contributed by atoms with E-state index < -0.39 is 11.5 Å². The Bertz CT molecular complexity index is 1180. The van der Waals surface area contributed by atoms with Crippen LogP contribution in [0, 0.1) is 0 Å². The fourth-order valence-corrected chi connectivity index (χ4v) is 2.86. The zero-order chi connectivity index (χ0) is 21.0. The first-order chi connectivity index (χ1) is 13.9. The molecule has 0 radical (unpaired) electrons. The fourth-order valence-electron chi connectivity index (χ4n) is 2.64. The summed E-state index contributed by atoms with van der Waals surface area (Å²) in [4.78, 5) is 30.4. The van der Waals surface area contributed by atoms with Crippen molar-refractivity contribution in [2.75, 3.05) is 13.7 Å². The maximum atomic E-state index is 12.3. The van der Waals surface area contributed by atoms with Crippen molar-refractivity contribution >= 4 is 39.6 Å². The predicted octanol–water partition coefficient (Wildman–Crippen LogP) is 3.93. The SMILES string of the molecule is C=CCOc1ccc(/C=C(\Cl)c2nc3cc(C(=O)O)ccc3c(=O)[nH]2)cc1OC. The van der Waals surface area contributed by atoms with E-state index >= 15 is 0 Å². The van der Waals surface area contributed by atoms with Gasteiger partial charge in [-0.2, -0.15) is 0 Å². The number of carboxylic acids is 1. The lowest BCUT2D eigenvalue weighted by atomic mass is 10.1. The van der Waals surface area contributed by atoms with Crippen LogP contribution in [0.4, 0.5) is 0 Å². The van der Waals surface area contributed by atoms with Crippen molar-refractivity contribution in [2.24, 2.45) is 0 Å². The molecule has 0 saturated heterocycles. The second-order valence-electron chi connectivity index (χ2n) is 5.95. The number of hydrogen-bond acceptors (Lipinski definition) is 5. The molecule has 2 aromatic carbocycles. The lowest BCUT2D eigenvalue weighted by molar-refractivity contribution is 0.0697. The minimum absolute atomic E-state index is 0.0292. The molecule has 0 aliphatic heterocycles. The van der Waals surface area contributed by atoms with Crippen molar-refractivity contribution in [3.8, 4) is 11.5 Å². The smallest absolute Gasteiger partial charge is 0.335 e. The number of benzene rings is 2. The lowest BCUT2D eigenvalue weighted by Crippen LogP contribution is -2.11. The highest BCUT2D eigenvalue weighted by Crippen LogP contribution is 2.30. The number of nitrogens with zero attached hydrogens (tertiary/aromatic N) is 1. The molecule has 0 bridgehead atoms. The molecular formula is C21H17ClN2O5. The second kappa shape index (κ2) is 8.62. The minimum Gasteiger partial charge on any atom is -0.493 e. The molecule has 7 nitrogen and oxygen atoms in total. The van der Waals surface area contributed by atoms with E-state index in [0.29, 0.717) is 23.7 Å². The van der Waals surface area contributed by atoms with Crippen molar-refractivity contribution in [1.29, 1.82) is 0 Å². The Labute approximate surface area is 170 Å². The Balaban J connectivity index is 2.00. The molecule has 0 saturated carbocycles. The standard InChI is InChI=1S/C21H17ClN2O5/c1-3-8-29-17-7-4-12(10-18(17)28-2)9-15(22)19-23-16-11-13(21(26)27)5-6-14(16)20(25)24-19/h3-7,9-11H,1,8H2,2H3,(H,26,27)(H,23,24,25)/b15-9-. The maximum absolute atomic E-state index is 12.3. The topological polar surface area (TPSA) is 102 Å². The zero-order valence-electron chi connectivity index (χ0n) is 15.4. The Kier molecular flexibility index (Phi) is 5.99. The fraction of sp³-hybridized carbons (Fsp3) is 0.0952. The summed E-state index contributed by atoms with van der Waals surface area (Å²) in [5.41, 5.74) is 0.543. The van der Waals surface area contributed by atoms with Gasteiger partial charge in [0.05, 0.1) is 28.6 Å². The van der Waals surface area contributed by atoms with Gasteiger partial charge in [0, 0.05) is 0 Å². The third kappa shape index (κ3) is 4.47. The van der Waals surface area contributed by atoms with E-state index in [1.54, 1.807) is 30.4 Å². The molecule has 29 heavy (non-hydrogen) atoms. The van der Waals surface area contributed by atoms with Crippen molar-refractivity contribution in [2.45, 2.75) is 0 Å². The van der Waals surface area contributed by atoms with E-state index in [-0.39, 0.29) is 27.3 Å². The van der Waals surface area contributed by atoms with Gasteiger partial charge in [0.1, 0.15) is 6.61 Å². The van der Waals surface area contributed by atoms with E-state index in [0.717, 1.165) is 0 Å². The van der Waals surface area contributed by atoms with Crippen LogP contribution in [0.2, 0.25) is 0 Å². The number of methoxy groups -OCH3 is 1. The van der Waals surface area contributed by atoms with Crippen LogP contribution >= 0.6 is 11.6 Å². The Morgan fingerprint density at radius 2 is 2.07 bits per heavy atom. The van der Waals surface area contributed by atoms with Crippen LogP contribution in [0.1, 0.15) is 21.7 Å². The monoisotopic (exact) mass is 412 g/mol.